The average molecular weight is 441 g/mol. The monoisotopic (exact) mass is 440 g/mol. The summed E-state index contributed by atoms with van der Waals surface area (Å²) in [7, 11) is -2.93. The van der Waals surface area contributed by atoms with Crippen molar-refractivity contribution in [2.75, 3.05) is 58.1 Å². The van der Waals surface area contributed by atoms with Crippen LogP contribution in [0.5, 0.6) is 11.5 Å². The van der Waals surface area contributed by atoms with Crippen LogP contribution in [0.3, 0.4) is 0 Å². The van der Waals surface area contributed by atoms with Crippen LogP contribution in [0.25, 0.3) is 0 Å². The van der Waals surface area contributed by atoms with Crippen LogP contribution in [0.1, 0.15) is 28.9 Å². The maximum Gasteiger partial charge on any atom is 0.238 e. The molecule has 3 rings (SSSR count). The van der Waals surface area contributed by atoms with Crippen molar-refractivity contribution in [2.24, 2.45) is 0 Å². The third kappa shape index (κ3) is 6.69. The van der Waals surface area contributed by atoms with E-state index in [1.54, 1.807) is 0 Å². The molecule has 2 N–H and O–H groups in total. The Kier molecular flexibility index (Phi) is 4.06. The van der Waals surface area contributed by atoms with Gasteiger partial charge in [-0.3, -0.25) is 14.6 Å². The van der Waals surface area contributed by atoms with Gasteiger partial charge >= 0.3 is 0 Å². The smallest absolute Gasteiger partial charge is 0.238 e. The molecule has 31 heavy (non-hydrogen) atoms. The van der Waals surface area contributed by atoms with Crippen LogP contribution in [-0.2, 0) is 4.79 Å². The Hall–Kier alpha value is -2.61. The summed E-state index contributed by atoms with van der Waals surface area (Å²) in [6, 6.07) is 4.11. The summed E-state index contributed by atoms with van der Waals surface area (Å²) in [4.78, 5) is 15.0. The van der Waals surface area contributed by atoms with Crippen molar-refractivity contribution in [1.82, 2.24) is 9.80 Å². The molecule has 168 valence electrons. The Bertz CT molecular complexity index is 1370. The second kappa shape index (κ2) is 11.1. The number of piperazine rings is 1. The number of anilines is 1. The van der Waals surface area contributed by atoms with Gasteiger partial charge in [0.1, 0.15) is 12.6 Å². The van der Waals surface area contributed by atoms with E-state index < -0.39 is 50.1 Å². The standard InChI is InChI=1S/C24H33N3O4/c1-18-7-6-8-19(2)24(18)25-23(29)16-27-13-11-26(12-14-27)15-20(28)17-31-22-10-5-4-9-21(22)30-3/h4-10,20,28H,11-17H2,1-3H3,(H,25,29)/i3D3,6D,7D,8D,15D2,16D2,17D2,20D. The van der Waals surface area contributed by atoms with E-state index in [2.05, 4.69) is 5.32 Å². The SMILES string of the molecule is [2H]c1c([2H])c(C)c(NC(=O)C([2H])([2H])N2CCN(C([2H])([2H])C([2H])(O)C([2H])([2H])Oc3ccccc3OC([2H])([2H])[2H])CC2)c(C)c1[2H]. The Balaban J connectivity index is 1.75. The van der Waals surface area contributed by atoms with Gasteiger partial charge < -0.3 is 19.9 Å². The lowest BCUT2D eigenvalue weighted by Crippen LogP contribution is -2.50. The van der Waals surface area contributed by atoms with Gasteiger partial charge in [-0.2, -0.15) is 0 Å². The van der Waals surface area contributed by atoms with Crippen LogP contribution in [-0.4, -0.2) is 79.7 Å². The van der Waals surface area contributed by atoms with Crippen molar-refractivity contribution in [3.8, 4) is 11.5 Å². The van der Waals surface area contributed by atoms with Gasteiger partial charge in [0.05, 0.1) is 28.6 Å². The van der Waals surface area contributed by atoms with Gasteiger partial charge in [-0.15, -0.1) is 0 Å². The molecule has 1 saturated heterocycles. The summed E-state index contributed by atoms with van der Waals surface area (Å²) in [6.45, 7) is -7.62. The number of aliphatic hydroxyl groups is 1. The number of nitrogens with zero attached hydrogens (tertiary/aromatic N) is 2. The highest BCUT2D eigenvalue weighted by Gasteiger charge is 2.21. The highest BCUT2D eigenvalue weighted by Crippen LogP contribution is 2.25. The summed E-state index contributed by atoms with van der Waals surface area (Å²) in [5.41, 5.74) is 0.404. The summed E-state index contributed by atoms with van der Waals surface area (Å²) in [5.74, 6) is -2.06. The van der Waals surface area contributed by atoms with Crippen LogP contribution in [0, 0.1) is 13.8 Å². The zero-order valence-corrected chi connectivity index (χ0v) is 17.2. The first-order valence-corrected chi connectivity index (χ1v) is 9.53. The van der Waals surface area contributed by atoms with E-state index in [0.29, 0.717) is 0 Å². The van der Waals surface area contributed by atoms with E-state index in [-0.39, 0.29) is 61.1 Å². The number of nitrogens with one attached hydrogen (secondary N) is 1. The molecule has 7 nitrogen and oxygen atoms in total. The van der Waals surface area contributed by atoms with Crippen LogP contribution in [0.2, 0.25) is 0 Å². The third-order valence-corrected chi connectivity index (χ3v) is 4.51. The van der Waals surface area contributed by atoms with E-state index in [4.69, 9.17) is 27.3 Å². The molecule has 1 unspecified atom stereocenters. The molecule has 0 saturated carbocycles. The fraction of sp³-hybridized carbons (Fsp3) is 0.458. The normalized spacial score (nSPS) is 24.9. The molecule has 1 aliphatic heterocycles. The predicted octanol–water partition coefficient (Wildman–Crippen LogP) is 2.31. The first kappa shape index (κ1) is 11.3. The molecule has 0 spiro atoms. The van der Waals surface area contributed by atoms with Crippen molar-refractivity contribution in [1.29, 1.82) is 0 Å². The Labute approximate surface area is 202 Å². The molecule has 1 heterocycles. The highest BCUT2D eigenvalue weighted by molar-refractivity contribution is 5.93. The molecule has 0 aromatic heterocycles. The number of hydrogen-bond acceptors (Lipinski definition) is 6. The zero-order valence-electron chi connectivity index (χ0n) is 30.2. The Morgan fingerprint density at radius 3 is 2.55 bits per heavy atom. The minimum absolute atomic E-state index is 0.0344. The van der Waals surface area contributed by atoms with Gasteiger partial charge in [0, 0.05) is 41.1 Å². The van der Waals surface area contributed by atoms with Crippen molar-refractivity contribution in [3.63, 3.8) is 0 Å². The zero-order chi connectivity index (χ0) is 33.6. The second-order valence-electron chi connectivity index (χ2n) is 6.75. The molecule has 1 amide bonds. The average Bonchev–Trinajstić information content (AvgIpc) is 2.93. The van der Waals surface area contributed by atoms with E-state index in [1.165, 1.54) is 26.0 Å². The lowest BCUT2D eigenvalue weighted by molar-refractivity contribution is -0.117. The van der Waals surface area contributed by atoms with E-state index in [1.807, 2.05) is 0 Å². The van der Waals surface area contributed by atoms with E-state index >= 15 is 0 Å². The van der Waals surface area contributed by atoms with Crippen LogP contribution in [0.15, 0.2) is 42.4 Å². The minimum atomic E-state index is -3.62. The lowest BCUT2D eigenvalue weighted by Gasteiger charge is -2.35. The van der Waals surface area contributed by atoms with Gasteiger partial charge in [0.25, 0.3) is 0 Å². The summed E-state index contributed by atoms with van der Waals surface area (Å²) in [6.07, 6.45) is -3.62. The first-order chi connectivity index (χ1) is 20.0. The molecule has 1 fully saturated rings. The van der Waals surface area contributed by atoms with Crippen molar-refractivity contribution >= 4 is 11.6 Å². The van der Waals surface area contributed by atoms with Gasteiger partial charge in [0.15, 0.2) is 11.5 Å². The molecule has 0 bridgehead atoms. The molecule has 0 aliphatic carbocycles. The Morgan fingerprint density at radius 2 is 1.87 bits per heavy atom. The molecule has 1 aliphatic rings. The lowest BCUT2D eigenvalue weighted by atomic mass is 10.1. The summed E-state index contributed by atoms with van der Waals surface area (Å²) < 4.78 is 114. The number of para-hydroxylation sites is 3. The van der Waals surface area contributed by atoms with Crippen molar-refractivity contribution in [3.05, 3.63) is 53.5 Å². The quantitative estimate of drug-likeness (QED) is 0.623. The van der Waals surface area contributed by atoms with Gasteiger partial charge in [-0.1, -0.05) is 30.3 Å². The van der Waals surface area contributed by atoms with E-state index in [9.17, 15) is 9.90 Å². The van der Waals surface area contributed by atoms with Crippen molar-refractivity contribution in [2.45, 2.75) is 19.9 Å². The number of ether oxygens (including phenoxy) is 2. The molecule has 2 aromatic carbocycles. The number of benzene rings is 2. The summed E-state index contributed by atoms with van der Waals surface area (Å²) in [5, 5.41) is 13.3. The van der Waals surface area contributed by atoms with Crippen LogP contribution < -0.4 is 14.8 Å². The second-order valence-corrected chi connectivity index (χ2v) is 6.75. The Morgan fingerprint density at radius 1 is 1.23 bits per heavy atom. The largest absolute Gasteiger partial charge is 0.493 e. The maximum atomic E-state index is 13.0. The van der Waals surface area contributed by atoms with E-state index in [0.717, 1.165) is 21.9 Å². The van der Waals surface area contributed by atoms with Gasteiger partial charge in [0.2, 0.25) is 5.91 Å². The molecule has 7 heteroatoms. The third-order valence-electron chi connectivity index (χ3n) is 4.51. The number of methoxy groups -OCH3 is 1. The number of hydrogen-bond donors (Lipinski definition) is 2. The molecular formula is C24H33N3O4. The van der Waals surface area contributed by atoms with Crippen LogP contribution in [0.4, 0.5) is 5.69 Å². The number of carbonyl (C=O) groups excluding carboxylic acids is 1. The fourth-order valence-corrected chi connectivity index (χ4v) is 2.92. The van der Waals surface area contributed by atoms with Gasteiger partial charge in [-0.05, 0) is 37.1 Å². The predicted molar refractivity (Wildman–Crippen MR) is 122 cm³/mol. The molecular weight excluding hydrogens is 394 g/mol. The molecule has 0 radical (unpaired) electrons. The molecule has 1 atom stereocenters. The number of carbonyl (C=O) groups is 1. The maximum absolute atomic E-state index is 13.0. The number of β-amino-alcohol motifs (C(OH)–C–C–N with tert-alkyl or cyclic N) is 1. The summed E-state index contributed by atoms with van der Waals surface area (Å²) >= 11 is 0. The topological polar surface area (TPSA) is 74.3 Å². The molecule has 2 aromatic rings. The highest BCUT2D eigenvalue weighted by atomic mass is 16.5. The van der Waals surface area contributed by atoms with Crippen molar-refractivity contribution < 1.29 is 37.2 Å². The minimum Gasteiger partial charge on any atom is -0.493 e. The van der Waals surface area contributed by atoms with Crippen LogP contribution >= 0.6 is 0 Å². The number of rotatable bonds is 9. The fourth-order valence-electron chi connectivity index (χ4n) is 2.92. The first-order valence-electron chi connectivity index (χ1n) is 16.0. The number of amides is 1. The van der Waals surface area contributed by atoms with Gasteiger partial charge in [-0.25, -0.2) is 0 Å².